The van der Waals surface area contributed by atoms with Crippen molar-refractivity contribution in [3.63, 3.8) is 0 Å². The summed E-state index contributed by atoms with van der Waals surface area (Å²) in [6, 6.07) is 8.94. The van der Waals surface area contributed by atoms with Gasteiger partial charge in [0.05, 0.1) is 0 Å². The Kier molecular flexibility index (Phi) is 3.07. The highest BCUT2D eigenvalue weighted by atomic mass is 32.2. The van der Waals surface area contributed by atoms with Gasteiger partial charge in [-0.3, -0.25) is 4.79 Å². The molecule has 1 fully saturated rings. The molecule has 1 aromatic carbocycles. The first-order valence-electron chi connectivity index (χ1n) is 6.05. The number of hydrogen-bond donors (Lipinski definition) is 2. The number of rotatable bonds is 3. The first kappa shape index (κ1) is 11.1. The lowest BCUT2D eigenvalue weighted by Gasteiger charge is -2.15. The van der Waals surface area contributed by atoms with Crippen LogP contribution in [0.25, 0.3) is 0 Å². The zero-order chi connectivity index (χ0) is 11.7. The monoisotopic (exact) mass is 248 g/mol. The van der Waals surface area contributed by atoms with E-state index in [2.05, 4.69) is 34.9 Å². The third-order valence-corrected chi connectivity index (χ3v) is 4.68. The summed E-state index contributed by atoms with van der Waals surface area (Å²) in [5.41, 5.74) is 1.46. The molecule has 0 aromatic heterocycles. The Labute approximate surface area is 105 Å². The Morgan fingerprint density at radius 3 is 3.12 bits per heavy atom. The van der Waals surface area contributed by atoms with Gasteiger partial charge in [0.2, 0.25) is 5.91 Å². The van der Waals surface area contributed by atoms with Gasteiger partial charge in [0.15, 0.2) is 0 Å². The molecule has 1 amide bonds. The number of carbonyl (C=O) groups is 1. The number of nitrogens with one attached hydrogen (secondary N) is 2. The molecule has 0 radical (unpaired) electrons. The molecule has 90 valence electrons. The molecule has 0 aliphatic carbocycles. The van der Waals surface area contributed by atoms with Crippen LogP contribution in [0.4, 0.5) is 0 Å². The largest absolute Gasteiger partial charge is 0.354 e. The van der Waals surface area contributed by atoms with E-state index in [0.717, 1.165) is 18.8 Å². The van der Waals surface area contributed by atoms with Gasteiger partial charge in [0.25, 0.3) is 0 Å². The summed E-state index contributed by atoms with van der Waals surface area (Å²) in [6.45, 7) is 1.75. The summed E-state index contributed by atoms with van der Waals surface area (Å²) in [5.74, 6) is 1.91. The lowest BCUT2D eigenvalue weighted by molar-refractivity contribution is -0.119. The fourth-order valence-corrected chi connectivity index (χ4v) is 3.71. The second kappa shape index (κ2) is 4.70. The van der Waals surface area contributed by atoms with Crippen molar-refractivity contribution < 1.29 is 4.79 Å². The third kappa shape index (κ3) is 2.33. The minimum Gasteiger partial charge on any atom is -0.354 e. The fourth-order valence-electron chi connectivity index (χ4n) is 2.46. The zero-order valence-corrected chi connectivity index (χ0v) is 10.4. The average molecular weight is 248 g/mol. The molecule has 2 N–H and O–H groups in total. The van der Waals surface area contributed by atoms with Crippen LogP contribution in [0.5, 0.6) is 0 Å². The van der Waals surface area contributed by atoms with Crippen molar-refractivity contribution in [3.05, 3.63) is 29.8 Å². The fraction of sp³-hybridized carbons (Fsp3) is 0.462. The summed E-state index contributed by atoms with van der Waals surface area (Å²) in [5, 5.41) is 6.36. The molecular weight excluding hydrogens is 232 g/mol. The predicted molar refractivity (Wildman–Crippen MR) is 69.3 cm³/mol. The zero-order valence-electron chi connectivity index (χ0n) is 9.61. The molecule has 2 aliphatic heterocycles. The summed E-state index contributed by atoms with van der Waals surface area (Å²) in [4.78, 5) is 12.5. The van der Waals surface area contributed by atoms with Crippen LogP contribution < -0.4 is 10.6 Å². The Bertz CT molecular complexity index is 435. The minimum atomic E-state index is 0.170. The lowest BCUT2D eigenvalue weighted by atomic mass is 10.0. The van der Waals surface area contributed by atoms with Crippen molar-refractivity contribution >= 4 is 17.7 Å². The topological polar surface area (TPSA) is 41.1 Å². The average Bonchev–Trinajstić information content (AvgIpc) is 2.93. The van der Waals surface area contributed by atoms with Gasteiger partial charge >= 0.3 is 0 Å². The van der Waals surface area contributed by atoms with Crippen molar-refractivity contribution in [2.75, 3.05) is 18.8 Å². The Hall–Kier alpha value is -1.00. The molecule has 1 aromatic rings. The maximum absolute atomic E-state index is 11.1. The van der Waals surface area contributed by atoms with Crippen LogP contribution in [0.15, 0.2) is 29.2 Å². The number of benzene rings is 1. The number of carbonyl (C=O) groups excluding carboxylic acids is 1. The first-order valence-corrected chi connectivity index (χ1v) is 7.03. The standard InChI is InChI=1S/C13H16N2OS/c16-13-5-10(7-15-13)14-6-9-8-17-12-4-2-1-3-11(9)12/h1-4,9-10,14H,5-8H2,(H,15,16). The maximum Gasteiger partial charge on any atom is 0.221 e. The molecule has 17 heavy (non-hydrogen) atoms. The molecule has 0 bridgehead atoms. The Balaban J connectivity index is 1.59. The molecule has 2 heterocycles. The van der Waals surface area contributed by atoms with E-state index in [0.29, 0.717) is 18.4 Å². The number of hydrogen-bond acceptors (Lipinski definition) is 3. The highest BCUT2D eigenvalue weighted by molar-refractivity contribution is 7.99. The second-order valence-electron chi connectivity index (χ2n) is 4.66. The van der Waals surface area contributed by atoms with Crippen LogP contribution in [0.2, 0.25) is 0 Å². The van der Waals surface area contributed by atoms with Crippen LogP contribution >= 0.6 is 11.8 Å². The summed E-state index contributed by atoms with van der Waals surface area (Å²) in [6.07, 6.45) is 0.626. The van der Waals surface area contributed by atoms with Crippen LogP contribution in [-0.4, -0.2) is 30.8 Å². The van der Waals surface area contributed by atoms with Gasteiger partial charge in [-0.1, -0.05) is 18.2 Å². The van der Waals surface area contributed by atoms with E-state index in [-0.39, 0.29) is 5.91 Å². The van der Waals surface area contributed by atoms with Gasteiger partial charge in [-0.05, 0) is 11.6 Å². The molecule has 0 saturated carbocycles. The Morgan fingerprint density at radius 1 is 1.41 bits per heavy atom. The van der Waals surface area contributed by atoms with E-state index in [1.54, 1.807) is 0 Å². The van der Waals surface area contributed by atoms with Gasteiger partial charge in [-0.25, -0.2) is 0 Å². The van der Waals surface area contributed by atoms with Crippen LogP contribution in [0, 0.1) is 0 Å². The summed E-state index contributed by atoms with van der Waals surface area (Å²) >= 11 is 1.94. The molecule has 2 atom stereocenters. The molecule has 4 heteroatoms. The first-order chi connectivity index (χ1) is 8.33. The molecule has 1 saturated heterocycles. The maximum atomic E-state index is 11.1. The minimum absolute atomic E-state index is 0.170. The lowest BCUT2D eigenvalue weighted by Crippen LogP contribution is -2.34. The molecule has 2 unspecified atom stereocenters. The van der Waals surface area contributed by atoms with Crippen molar-refractivity contribution in [3.8, 4) is 0 Å². The Morgan fingerprint density at radius 2 is 2.29 bits per heavy atom. The molecule has 3 rings (SSSR count). The molecule has 0 spiro atoms. The third-order valence-electron chi connectivity index (χ3n) is 3.43. The number of thioether (sulfide) groups is 1. The van der Waals surface area contributed by atoms with Crippen LogP contribution in [-0.2, 0) is 4.79 Å². The van der Waals surface area contributed by atoms with E-state index in [9.17, 15) is 4.79 Å². The number of amides is 1. The van der Waals surface area contributed by atoms with Gasteiger partial charge in [-0.15, -0.1) is 11.8 Å². The van der Waals surface area contributed by atoms with Gasteiger partial charge in [0.1, 0.15) is 0 Å². The normalized spacial score (nSPS) is 26.9. The van der Waals surface area contributed by atoms with Crippen LogP contribution in [0.3, 0.4) is 0 Å². The molecular formula is C13H16N2OS. The van der Waals surface area contributed by atoms with Crippen molar-refractivity contribution in [2.24, 2.45) is 0 Å². The number of fused-ring (bicyclic) bond motifs is 1. The van der Waals surface area contributed by atoms with Gasteiger partial charge < -0.3 is 10.6 Å². The second-order valence-corrected chi connectivity index (χ2v) is 5.72. The van der Waals surface area contributed by atoms with E-state index < -0.39 is 0 Å². The van der Waals surface area contributed by atoms with E-state index in [1.807, 2.05) is 11.8 Å². The molecule has 3 nitrogen and oxygen atoms in total. The summed E-state index contributed by atoms with van der Waals surface area (Å²) in [7, 11) is 0. The van der Waals surface area contributed by atoms with Crippen molar-refractivity contribution in [1.29, 1.82) is 0 Å². The predicted octanol–water partition coefficient (Wildman–Crippen LogP) is 1.35. The van der Waals surface area contributed by atoms with E-state index in [4.69, 9.17) is 0 Å². The quantitative estimate of drug-likeness (QED) is 0.848. The van der Waals surface area contributed by atoms with Crippen LogP contribution in [0.1, 0.15) is 17.9 Å². The van der Waals surface area contributed by atoms with E-state index >= 15 is 0 Å². The SMILES string of the molecule is O=C1CC(NCC2CSc3ccccc32)CN1. The smallest absolute Gasteiger partial charge is 0.221 e. The van der Waals surface area contributed by atoms with Crippen molar-refractivity contribution in [1.82, 2.24) is 10.6 Å². The molecule has 2 aliphatic rings. The van der Waals surface area contributed by atoms with Gasteiger partial charge in [-0.2, -0.15) is 0 Å². The van der Waals surface area contributed by atoms with E-state index in [1.165, 1.54) is 10.5 Å². The summed E-state index contributed by atoms with van der Waals surface area (Å²) < 4.78 is 0. The van der Waals surface area contributed by atoms with Gasteiger partial charge in [0, 0.05) is 42.1 Å². The van der Waals surface area contributed by atoms with Crippen molar-refractivity contribution in [2.45, 2.75) is 23.3 Å². The highest BCUT2D eigenvalue weighted by Gasteiger charge is 2.25. The highest BCUT2D eigenvalue weighted by Crippen LogP contribution is 2.38.